The average molecular weight is 441 g/mol. The van der Waals surface area contributed by atoms with Crippen molar-refractivity contribution in [2.75, 3.05) is 0 Å². The van der Waals surface area contributed by atoms with Gasteiger partial charge in [-0.25, -0.2) is 4.98 Å². The Bertz CT molecular complexity index is 1430. The molecule has 0 aliphatic heterocycles. The summed E-state index contributed by atoms with van der Waals surface area (Å²) < 4.78 is 15.3. The van der Waals surface area contributed by atoms with Crippen molar-refractivity contribution in [2.24, 2.45) is 0 Å². The Labute approximate surface area is 190 Å². The first-order valence-electron chi connectivity index (χ1n) is 11.0. The molecule has 0 atom stereocenters. The lowest BCUT2D eigenvalue weighted by molar-refractivity contribution is 0.269. The van der Waals surface area contributed by atoms with Crippen molar-refractivity contribution in [1.29, 1.82) is 0 Å². The summed E-state index contributed by atoms with van der Waals surface area (Å²) in [5.74, 6) is 2.62. The predicted octanol–water partition coefficient (Wildman–Crippen LogP) is 3.96. The second kappa shape index (κ2) is 7.54. The molecule has 0 spiro atoms. The Kier molecular flexibility index (Phi) is 4.49. The predicted molar refractivity (Wildman–Crippen MR) is 120 cm³/mol. The fourth-order valence-electron chi connectivity index (χ4n) is 3.98. The highest BCUT2D eigenvalue weighted by Crippen LogP contribution is 2.50. The summed E-state index contributed by atoms with van der Waals surface area (Å²) in [5, 5.41) is 17.5. The van der Waals surface area contributed by atoms with Crippen LogP contribution >= 0.6 is 0 Å². The molecule has 0 amide bonds. The molecule has 5 aromatic rings. The molecule has 166 valence electrons. The van der Waals surface area contributed by atoms with Crippen LogP contribution in [0.5, 0.6) is 5.88 Å². The SMILES string of the molecule is Cc1cc(-c2nnc3cc(C4(C)CC4)c(OCc4nccn4Cc4ccccc4)nn23)no1. The smallest absolute Gasteiger partial charge is 0.236 e. The van der Waals surface area contributed by atoms with Gasteiger partial charge in [0.15, 0.2) is 11.3 Å². The zero-order valence-corrected chi connectivity index (χ0v) is 18.5. The van der Waals surface area contributed by atoms with Gasteiger partial charge in [-0.3, -0.25) is 0 Å². The van der Waals surface area contributed by atoms with Crippen LogP contribution in [0.25, 0.3) is 17.2 Å². The highest BCUT2D eigenvalue weighted by Gasteiger charge is 2.42. The van der Waals surface area contributed by atoms with Gasteiger partial charge in [0.2, 0.25) is 11.7 Å². The average Bonchev–Trinajstić information content (AvgIpc) is 3.16. The third-order valence-electron chi connectivity index (χ3n) is 6.20. The topological polar surface area (TPSA) is 96.2 Å². The van der Waals surface area contributed by atoms with Crippen LogP contribution in [-0.4, -0.2) is 34.5 Å². The van der Waals surface area contributed by atoms with E-state index in [-0.39, 0.29) is 5.41 Å². The minimum Gasteiger partial charge on any atom is -0.468 e. The monoisotopic (exact) mass is 441 g/mol. The molecule has 1 aromatic carbocycles. The molecule has 1 aliphatic rings. The Balaban J connectivity index is 1.33. The zero-order chi connectivity index (χ0) is 22.4. The molecule has 1 saturated carbocycles. The van der Waals surface area contributed by atoms with Crippen LogP contribution in [-0.2, 0) is 18.6 Å². The number of hydrogen-bond donors (Lipinski definition) is 0. The van der Waals surface area contributed by atoms with Gasteiger partial charge < -0.3 is 13.8 Å². The first kappa shape index (κ1) is 19.7. The first-order valence-corrected chi connectivity index (χ1v) is 11.0. The number of rotatable bonds is 7. The molecule has 0 bridgehead atoms. The van der Waals surface area contributed by atoms with Crippen LogP contribution in [0.15, 0.2) is 59.4 Å². The van der Waals surface area contributed by atoms with E-state index >= 15 is 0 Å². The van der Waals surface area contributed by atoms with Gasteiger partial charge in [-0.1, -0.05) is 42.4 Å². The molecule has 6 rings (SSSR count). The third-order valence-corrected chi connectivity index (χ3v) is 6.20. The number of aromatic nitrogens is 7. The third kappa shape index (κ3) is 3.65. The largest absolute Gasteiger partial charge is 0.468 e. The number of aryl methyl sites for hydroxylation is 1. The Morgan fingerprint density at radius 3 is 2.73 bits per heavy atom. The number of benzene rings is 1. The molecule has 0 radical (unpaired) electrons. The van der Waals surface area contributed by atoms with Crippen molar-refractivity contribution in [1.82, 2.24) is 34.5 Å². The Morgan fingerprint density at radius 1 is 1.12 bits per heavy atom. The molecule has 4 aromatic heterocycles. The van der Waals surface area contributed by atoms with E-state index in [2.05, 4.69) is 44.0 Å². The van der Waals surface area contributed by atoms with Crippen molar-refractivity contribution >= 4 is 5.65 Å². The lowest BCUT2D eigenvalue weighted by Gasteiger charge is -2.15. The van der Waals surface area contributed by atoms with E-state index in [0.717, 1.165) is 30.8 Å². The normalized spacial score (nSPS) is 14.6. The summed E-state index contributed by atoms with van der Waals surface area (Å²) in [6.45, 7) is 5.10. The van der Waals surface area contributed by atoms with Gasteiger partial charge in [0.25, 0.3) is 0 Å². The minimum absolute atomic E-state index is 0.0418. The van der Waals surface area contributed by atoms with Crippen molar-refractivity contribution in [3.8, 4) is 17.4 Å². The van der Waals surface area contributed by atoms with Gasteiger partial charge in [-0.15, -0.1) is 15.3 Å². The second-order valence-corrected chi connectivity index (χ2v) is 8.79. The van der Waals surface area contributed by atoms with Gasteiger partial charge in [0, 0.05) is 30.6 Å². The van der Waals surface area contributed by atoms with Crippen molar-refractivity contribution < 1.29 is 9.26 Å². The molecule has 1 aliphatic carbocycles. The van der Waals surface area contributed by atoms with E-state index in [0.29, 0.717) is 35.4 Å². The summed E-state index contributed by atoms with van der Waals surface area (Å²) >= 11 is 0. The van der Waals surface area contributed by atoms with Crippen molar-refractivity contribution in [3.05, 3.63) is 77.6 Å². The molecule has 9 nitrogen and oxygen atoms in total. The van der Waals surface area contributed by atoms with E-state index in [1.807, 2.05) is 43.5 Å². The van der Waals surface area contributed by atoms with Gasteiger partial charge >= 0.3 is 0 Å². The highest BCUT2D eigenvalue weighted by molar-refractivity contribution is 5.57. The molecule has 9 heteroatoms. The quantitative estimate of drug-likeness (QED) is 0.377. The molecule has 0 N–H and O–H groups in total. The second-order valence-electron chi connectivity index (χ2n) is 8.79. The minimum atomic E-state index is 0.0418. The van der Waals surface area contributed by atoms with Crippen LogP contribution in [0.2, 0.25) is 0 Å². The van der Waals surface area contributed by atoms with Crippen molar-refractivity contribution in [3.63, 3.8) is 0 Å². The van der Waals surface area contributed by atoms with Crippen LogP contribution in [0.3, 0.4) is 0 Å². The maximum atomic E-state index is 6.29. The summed E-state index contributed by atoms with van der Waals surface area (Å²) in [6.07, 6.45) is 5.95. The zero-order valence-electron chi connectivity index (χ0n) is 18.5. The van der Waals surface area contributed by atoms with Gasteiger partial charge in [0.1, 0.15) is 18.2 Å². The van der Waals surface area contributed by atoms with Crippen LogP contribution in [0.4, 0.5) is 0 Å². The molecule has 33 heavy (non-hydrogen) atoms. The number of nitrogens with zero attached hydrogens (tertiary/aromatic N) is 7. The van der Waals surface area contributed by atoms with E-state index in [1.165, 1.54) is 5.56 Å². The fourth-order valence-corrected chi connectivity index (χ4v) is 3.98. The molecular weight excluding hydrogens is 418 g/mol. The van der Waals surface area contributed by atoms with E-state index in [9.17, 15) is 0 Å². The molecule has 1 fully saturated rings. The maximum absolute atomic E-state index is 6.29. The first-order chi connectivity index (χ1) is 16.1. The van der Waals surface area contributed by atoms with E-state index in [4.69, 9.17) is 14.4 Å². The lowest BCUT2D eigenvalue weighted by atomic mass is 10.0. The maximum Gasteiger partial charge on any atom is 0.236 e. The van der Waals surface area contributed by atoms with Gasteiger partial charge in [0.05, 0.1) is 0 Å². The lowest BCUT2D eigenvalue weighted by Crippen LogP contribution is -2.13. The standard InChI is InChI=1S/C24H23N7O2/c1-16-12-19(29-33-16)22-27-26-20-13-18(24(2)8-9-24)23(28-31(20)22)32-15-21-25-10-11-30(21)14-17-6-4-3-5-7-17/h3-7,10-13H,8-9,14-15H2,1-2H3. The fraction of sp³-hybridized carbons (Fsp3) is 0.292. The summed E-state index contributed by atoms with van der Waals surface area (Å²) in [6, 6.07) is 14.1. The van der Waals surface area contributed by atoms with Crippen LogP contribution < -0.4 is 4.74 Å². The summed E-state index contributed by atoms with van der Waals surface area (Å²) in [5.41, 5.74) is 3.54. The number of fused-ring (bicyclic) bond motifs is 1. The number of imidazole rings is 1. The van der Waals surface area contributed by atoms with Crippen LogP contribution in [0.1, 0.15) is 42.5 Å². The highest BCUT2D eigenvalue weighted by atomic mass is 16.5. The van der Waals surface area contributed by atoms with Crippen molar-refractivity contribution in [2.45, 2.75) is 45.3 Å². The summed E-state index contributed by atoms with van der Waals surface area (Å²) in [4.78, 5) is 4.51. The summed E-state index contributed by atoms with van der Waals surface area (Å²) in [7, 11) is 0. The molecule has 0 unspecified atom stereocenters. The number of hydrogen-bond acceptors (Lipinski definition) is 7. The van der Waals surface area contributed by atoms with E-state index < -0.39 is 0 Å². The molecule has 0 saturated heterocycles. The van der Waals surface area contributed by atoms with Gasteiger partial charge in [-0.2, -0.15) is 4.52 Å². The van der Waals surface area contributed by atoms with E-state index in [1.54, 1.807) is 10.7 Å². The molecular formula is C24H23N7O2. The van der Waals surface area contributed by atoms with Gasteiger partial charge in [-0.05, 0) is 36.8 Å². The Morgan fingerprint density at radius 2 is 1.97 bits per heavy atom. The number of ether oxygens (including phenoxy) is 1. The molecule has 4 heterocycles. The Hall–Kier alpha value is -4.01. The van der Waals surface area contributed by atoms with Crippen LogP contribution in [0, 0.1) is 6.92 Å².